The number of hydrogen-bond acceptors (Lipinski definition) is 4. The quantitative estimate of drug-likeness (QED) is 0.692. The normalized spacial score (nSPS) is 12.8. The maximum atomic E-state index is 12.1. The second kappa shape index (κ2) is 7.25. The molecule has 0 fully saturated rings. The largest absolute Gasteiger partial charge is 0.352 e. The maximum Gasteiger partial charge on any atom is 0.253 e. The number of nitrogens with two attached hydrogens (primary N) is 1. The Morgan fingerprint density at radius 1 is 1.35 bits per heavy atom. The first kappa shape index (κ1) is 16.5. The van der Waals surface area contributed by atoms with Gasteiger partial charge in [-0.1, -0.05) is 19.1 Å². The van der Waals surface area contributed by atoms with Crippen molar-refractivity contribution in [3.05, 3.63) is 29.8 Å². The van der Waals surface area contributed by atoms with E-state index in [0.29, 0.717) is 18.7 Å². The number of hydrogen-bond donors (Lipinski definition) is 3. The van der Waals surface area contributed by atoms with E-state index in [1.54, 1.807) is 24.3 Å². The Balaban J connectivity index is 2.87. The summed E-state index contributed by atoms with van der Waals surface area (Å²) in [5.41, 5.74) is 6.07. The molecule has 7 heteroatoms. The molecule has 1 aromatic carbocycles. The molecular weight excluding hydrogens is 278 g/mol. The standard InChI is InChI=1S/C13H21N3O3S/c1-3-20(18,19)16-12-7-5-4-6-11(12)13(17)15-9-10(2)8-14/h4-7,10,16H,3,8-9,14H2,1-2H3,(H,15,17). The minimum Gasteiger partial charge on any atom is -0.352 e. The van der Waals surface area contributed by atoms with Crippen molar-refractivity contribution in [1.29, 1.82) is 0 Å². The Morgan fingerprint density at radius 3 is 2.60 bits per heavy atom. The summed E-state index contributed by atoms with van der Waals surface area (Å²) in [7, 11) is -3.41. The van der Waals surface area contributed by atoms with Crippen molar-refractivity contribution in [3.8, 4) is 0 Å². The van der Waals surface area contributed by atoms with Crippen LogP contribution in [0.2, 0.25) is 0 Å². The summed E-state index contributed by atoms with van der Waals surface area (Å²) in [4.78, 5) is 12.1. The van der Waals surface area contributed by atoms with Gasteiger partial charge in [-0.2, -0.15) is 0 Å². The molecule has 0 heterocycles. The first-order valence-corrected chi connectivity index (χ1v) is 8.12. The van der Waals surface area contributed by atoms with Crippen molar-refractivity contribution in [1.82, 2.24) is 5.32 Å². The first-order valence-electron chi connectivity index (χ1n) is 6.47. The molecule has 112 valence electrons. The van der Waals surface area contributed by atoms with Crippen molar-refractivity contribution >= 4 is 21.6 Å². The highest BCUT2D eigenvalue weighted by atomic mass is 32.2. The number of nitrogens with one attached hydrogen (secondary N) is 2. The van der Waals surface area contributed by atoms with Crippen LogP contribution in [0.3, 0.4) is 0 Å². The summed E-state index contributed by atoms with van der Waals surface area (Å²) in [5, 5.41) is 2.74. The van der Waals surface area contributed by atoms with Gasteiger partial charge in [-0.25, -0.2) is 8.42 Å². The first-order chi connectivity index (χ1) is 9.39. The van der Waals surface area contributed by atoms with Crippen molar-refractivity contribution in [2.45, 2.75) is 13.8 Å². The number of para-hydroxylation sites is 1. The van der Waals surface area contributed by atoms with Gasteiger partial charge in [0.15, 0.2) is 0 Å². The second-order valence-corrected chi connectivity index (χ2v) is 6.61. The smallest absolute Gasteiger partial charge is 0.253 e. The van der Waals surface area contributed by atoms with E-state index in [2.05, 4.69) is 10.0 Å². The molecule has 6 nitrogen and oxygen atoms in total. The highest BCUT2D eigenvalue weighted by Gasteiger charge is 2.15. The molecular formula is C13H21N3O3S. The Kier molecular flexibility index (Phi) is 5.97. The van der Waals surface area contributed by atoms with Crippen molar-refractivity contribution < 1.29 is 13.2 Å². The minimum atomic E-state index is -3.41. The van der Waals surface area contributed by atoms with Gasteiger partial charge in [-0.05, 0) is 31.5 Å². The molecule has 0 aliphatic rings. The molecule has 1 amide bonds. The van der Waals surface area contributed by atoms with E-state index in [4.69, 9.17) is 5.73 Å². The molecule has 0 aliphatic heterocycles. The average Bonchev–Trinajstić information content (AvgIpc) is 2.44. The number of benzene rings is 1. The van der Waals surface area contributed by atoms with Crippen LogP contribution in [-0.2, 0) is 10.0 Å². The number of sulfonamides is 1. The summed E-state index contributed by atoms with van der Waals surface area (Å²) < 4.78 is 25.6. The van der Waals surface area contributed by atoms with E-state index in [9.17, 15) is 13.2 Å². The molecule has 0 saturated heterocycles. The van der Waals surface area contributed by atoms with Crippen molar-refractivity contribution in [3.63, 3.8) is 0 Å². The Morgan fingerprint density at radius 2 is 2.00 bits per heavy atom. The van der Waals surface area contributed by atoms with Crippen LogP contribution < -0.4 is 15.8 Å². The molecule has 20 heavy (non-hydrogen) atoms. The molecule has 0 spiro atoms. The van der Waals surface area contributed by atoms with Gasteiger partial charge in [0.25, 0.3) is 5.91 Å². The summed E-state index contributed by atoms with van der Waals surface area (Å²) in [6.45, 7) is 4.38. The fraction of sp³-hybridized carbons (Fsp3) is 0.462. The van der Waals surface area contributed by atoms with E-state index in [-0.39, 0.29) is 23.3 Å². The van der Waals surface area contributed by atoms with Crippen LogP contribution in [0, 0.1) is 5.92 Å². The van der Waals surface area contributed by atoms with Crippen LogP contribution in [0.4, 0.5) is 5.69 Å². The van der Waals surface area contributed by atoms with Gasteiger partial charge in [0.05, 0.1) is 17.0 Å². The van der Waals surface area contributed by atoms with Crippen LogP contribution in [0.25, 0.3) is 0 Å². The summed E-state index contributed by atoms with van der Waals surface area (Å²) in [6.07, 6.45) is 0. The number of carbonyl (C=O) groups is 1. The lowest BCUT2D eigenvalue weighted by Gasteiger charge is -2.13. The van der Waals surface area contributed by atoms with Crippen LogP contribution in [0.1, 0.15) is 24.2 Å². The average molecular weight is 299 g/mol. The van der Waals surface area contributed by atoms with Gasteiger partial charge < -0.3 is 11.1 Å². The summed E-state index contributed by atoms with van der Waals surface area (Å²) >= 11 is 0. The molecule has 1 atom stereocenters. The molecule has 0 bridgehead atoms. The van der Waals surface area contributed by atoms with Crippen LogP contribution >= 0.6 is 0 Å². The predicted octanol–water partition coefficient (Wildman–Crippen LogP) is 0.773. The van der Waals surface area contributed by atoms with Crippen LogP contribution in [0.15, 0.2) is 24.3 Å². The molecule has 0 aliphatic carbocycles. The number of amides is 1. The molecule has 1 aromatic rings. The number of rotatable bonds is 7. The number of carbonyl (C=O) groups excluding carboxylic acids is 1. The van der Waals surface area contributed by atoms with E-state index in [1.165, 1.54) is 6.92 Å². The third-order valence-electron chi connectivity index (χ3n) is 2.83. The lowest BCUT2D eigenvalue weighted by molar-refractivity contribution is 0.0949. The topological polar surface area (TPSA) is 101 Å². The highest BCUT2D eigenvalue weighted by Crippen LogP contribution is 2.16. The van der Waals surface area contributed by atoms with Crippen LogP contribution in [-0.4, -0.2) is 33.2 Å². The lowest BCUT2D eigenvalue weighted by Crippen LogP contribution is -2.32. The zero-order valence-electron chi connectivity index (χ0n) is 11.7. The van der Waals surface area contributed by atoms with Gasteiger partial charge >= 0.3 is 0 Å². The monoisotopic (exact) mass is 299 g/mol. The van der Waals surface area contributed by atoms with E-state index in [0.717, 1.165) is 0 Å². The Labute approximate surface area is 119 Å². The van der Waals surface area contributed by atoms with Gasteiger partial charge in [-0.15, -0.1) is 0 Å². The minimum absolute atomic E-state index is 0.0485. The van der Waals surface area contributed by atoms with Crippen LogP contribution in [0.5, 0.6) is 0 Å². The van der Waals surface area contributed by atoms with Gasteiger partial charge in [-0.3, -0.25) is 9.52 Å². The highest BCUT2D eigenvalue weighted by molar-refractivity contribution is 7.92. The Hall–Kier alpha value is -1.60. The van der Waals surface area contributed by atoms with E-state index in [1.807, 2.05) is 6.92 Å². The third kappa shape index (κ3) is 4.82. The molecule has 1 rings (SSSR count). The maximum absolute atomic E-state index is 12.1. The number of anilines is 1. The fourth-order valence-electron chi connectivity index (χ4n) is 1.46. The van der Waals surface area contributed by atoms with Crippen molar-refractivity contribution in [2.24, 2.45) is 11.7 Å². The van der Waals surface area contributed by atoms with Crippen molar-refractivity contribution in [2.75, 3.05) is 23.6 Å². The molecule has 0 saturated carbocycles. The van der Waals surface area contributed by atoms with E-state index >= 15 is 0 Å². The zero-order valence-corrected chi connectivity index (χ0v) is 12.5. The van der Waals surface area contributed by atoms with Gasteiger partial charge in [0.1, 0.15) is 0 Å². The Bertz CT molecular complexity index is 558. The molecule has 0 radical (unpaired) electrons. The zero-order chi connectivity index (χ0) is 15.2. The fourth-order valence-corrected chi connectivity index (χ4v) is 2.11. The second-order valence-electron chi connectivity index (χ2n) is 4.60. The molecule has 1 unspecified atom stereocenters. The SMILES string of the molecule is CCS(=O)(=O)Nc1ccccc1C(=O)NCC(C)CN. The predicted molar refractivity (Wildman–Crippen MR) is 80.1 cm³/mol. The van der Waals surface area contributed by atoms with Gasteiger partial charge in [0, 0.05) is 6.54 Å². The van der Waals surface area contributed by atoms with Gasteiger partial charge in [0.2, 0.25) is 10.0 Å². The summed E-state index contributed by atoms with van der Waals surface area (Å²) in [5.74, 6) is -0.203. The third-order valence-corrected chi connectivity index (χ3v) is 4.12. The molecule has 0 aromatic heterocycles. The summed E-state index contributed by atoms with van der Waals surface area (Å²) in [6, 6.07) is 6.50. The van der Waals surface area contributed by atoms with E-state index < -0.39 is 10.0 Å². The molecule has 4 N–H and O–H groups in total. The lowest BCUT2D eigenvalue weighted by atomic mass is 10.1.